The molecule has 0 saturated carbocycles. The lowest BCUT2D eigenvalue weighted by Gasteiger charge is -1.99. The predicted octanol–water partition coefficient (Wildman–Crippen LogP) is 5.87. The van der Waals surface area contributed by atoms with Crippen molar-refractivity contribution in [3.63, 3.8) is 0 Å². The number of thiophene rings is 1. The van der Waals surface area contributed by atoms with Crippen molar-refractivity contribution in [3.05, 3.63) is 83.6 Å². The van der Waals surface area contributed by atoms with E-state index in [9.17, 15) is 0 Å². The Kier molecular flexibility index (Phi) is 4.71. The third-order valence-corrected chi connectivity index (χ3v) is 3.52. The Balaban J connectivity index is 0.000000163. The molecule has 94 valence electrons. The van der Waals surface area contributed by atoms with Crippen LogP contribution in [0.4, 0.5) is 0 Å². The second kappa shape index (κ2) is 6.72. The molecule has 0 nitrogen and oxygen atoms in total. The molecule has 0 atom stereocenters. The van der Waals surface area contributed by atoms with Crippen LogP contribution in [-0.2, 0) is 0 Å². The molecule has 0 aliphatic carbocycles. The molecule has 0 unspecified atom stereocenters. The minimum absolute atomic E-state index is 1.20. The summed E-state index contributed by atoms with van der Waals surface area (Å²) in [5, 5.41) is 6.65. The lowest BCUT2D eigenvalue weighted by molar-refractivity contribution is 1.72. The molecular weight excluding hydrogens is 248 g/mol. The van der Waals surface area contributed by atoms with Crippen molar-refractivity contribution >= 4 is 34.3 Å². The second-order valence-electron chi connectivity index (χ2n) is 4.03. The van der Waals surface area contributed by atoms with Gasteiger partial charge in [0.1, 0.15) is 0 Å². The van der Waals surface area contributed by atoms with Gasteiger partial charge in [0, 0.05) is 0 Å². The van der Waals surface area contributed by atoms with Crippen molar-refractivity contribution in [2.75, 3.05) is 0 Å². The number of benzene rings is 2. The van der Waals surface area contributed by atoms with Gasteiger partial charge in [0.25, 0.3) is 0 Å². The molecule has 0 radical (unpaired) electrons. The van der Waals surface area contributed by atoms with E-state index in [-0.39, 0.29) is 0 Å². The molecule has 0 aliphatic rings. The summed E-state index contributed by atoms with van der Waals surface area (Å²) in [4.78, 5) is 0. The van der Waals surface area contributed by atoms with Crippen LogP contribution in [0.5, 0.6) is 0 Å². The summed E-state index contributed by atoms with van der Waals surface area (Å²) < 4.78 is 0. The van der Waals surface area contributed by atoms with E-state index >= 15 is 0 Å². The van der Waals surface area contributed by atoms with Crippen molar-refractivity contribution in [1.29, 1.82) is 0 Å². The van der Waals surface area contributed by atoms with Gasteiger partial charge in [-0.1, -0.05) is 67.8 Å². The zero-order valence-corrected chi connectivity index (χ0v) is 11.6. The second-order valence-corrected chi connectivity index (χ2v) is 4.81. The molecule has 0 fully saturated rings. The van der Waals surface area contributed by atoms with Gasteiger partial charge in [-0.3, -0.25) is 0 Å². The Labute approximate surface area is 118 Å². The topological polar surface area (TPSA) is 0 Å². The monoisotopic (exact) mass is 264 g/mol. The van der Waals surface area contributed by atoms with E-state index in [0.29, 0.717) is 0 Å². The maximum absolute atomic E-state index is 3.78. The summed E-state index contributed by atoms with van der Waals surface area (Å²) in [5.74, 6) is 0. The quantitative estimate of drug-likeness (QED) is 0.542. The van der Waals surface area contributed by atoms with Gasteiger partial charge >= 0.3 is 0 Å². The molecule has 0 bridgehead atoms. The van der Waals surface area contributed by atoms with Gasteiger partial charge < -0.3 is 0 Å². The summed E-state index contributed by atoms with van der Waals surface area (Å²) in [6.45, 7) is 7.39. The molecule has 1 heterocycles. The molecular formula is C18H16S. The molecule has 3 aromatic rings. The van der Waals surface area contributed by atoms with E-state index in [2.05, 4.69) is 61.0 Å². The molecule has 0 N–H and O–H groups in total. The standard InChI is InChI=1S/C12H10.C6H6S/c1-2-10-7-5-8-11-6-3-4-9-12(10)11;1-2-6-3-4-7-5-6/h2-9H,1H2;2-5H,1H2. The fourth-order valence-electron chi connectivity index (χ4n) is 1.82. The molecule has 1 aromatic heterocycles. The van der Waals surface area contributed by atoms with Crippen LogP contribution in [0.3, 0.4) is 0 Å². The molecule has 3 rings (SSSR count). The maximum Gasteiger partial charge on any atom is -0.00210 e. The van der Waals surface area contributed by atoms with Crippen LogP contribution in [0.15, 0.2) is 72.4 Å². The normalized spacial score (nSPS) is 9.47. The molecule has 0 saturated heterocycles. The van der Waals surface area contributed by atoms with E-state index in [1.165, 1.54) is 21.9 Å². The van der Waals surface area contributed by atoms with Crippen LogP contribution in [0, 0.1) is 0 Å². The van der Waals surface area contributed by atoms with Gasteiger partial charge in [0.15, 0.2) is 0 Å². The Hall–Kier alpha value is -2.12. The highest BCUT2D eigenvalue weighted by Gasteiger charge is 1.93. The minimum Gasteiger partial charge on any atom is -0.152 e. The van der Waals surface area contributed by atoms with Crippen LogP contribution in [0.2, 0.25) is 0 Å². The average molecular weight is 264 g/mol. The number of fused-ring (bicyclic) bond motifs is 1. The third-order valence-electron chi connectivity index (χ3n) is 2.82. The van der Waals surface area contributed by atoms with Gasteiger partial charge in [-0.25, -0.2) is 0 Å². The lowest BCUT2D eigenvalue weighted by atomic mass is 10.1. The Morgan fingerprint density at radius 3 is 2.26 bits per heavy atom. The SMILES string of the molecule is C=Cc1cccc2ccccc12.C=Cc1ccsc1. The largest absolute Gasteiger partial charge is 0.152 e. The first-order chi connectivity index (χ1) is 9.35. The average Bonchev–Trinajstić information content (AvgIpc) is 3.01. The summed E-state index contributed by atoms with van der Waals surface area (Å²) in [7, 11) is 0. The number of hydrogen-bond acceptors (Lipinski definition) is 1. The van der Waals surface area contributed by atoms with E-state index < -0.39 is 0 Å². The predicted molar refractivity (Wildman–Crippen MR) is 88.4 cm³/mol. The van der Waals surface area contributed by atoms with Gasteiger partial charge in [0.05, 0.1) is 0 Å². The molecule has 19 heavy (non-hydrogen) atoms. The van der Waals surface area contributed by atoms with Gasteiger partial charge in [0.2, 0.25) is 0 Å². The highest BCUT2D eigenvalue weighted by atomic mass is 32.1. The molecule has 1 heteroatoms. The van der Waals surface area contributed by atoms with Gasteiger partial charge in [-0.15, -0.1) is 0 Å². The zero-order valence-electron chi connectivity index (χ0n) is 10.8. The third kappa shape index (κ3) is 3.43. The Morgan fingerprint density at radius 2 is 1.63 bits per heavy atom. The minimum atomic E-state index is 1.20. The highest BCUT2D eigenvalue weighted by Crippen LogP contribution is 2.18. The summed E-state index contributed by atoms with van der Waals surface area (Å²) in [5.41, 5.74) is 2.41. The molecule has 0 amide bonds. The maximum atomic E-state index is 3.78. The highest BCUT2D eigenvalue weighted by molar-refractivity contribution is 7.08. The fraction of sp³-hybridized carbons (Fsp3) is 0. The van der Waals surface area contributed by atoms with E-state index in [1.54, 1.807) is 11.3 Å². The Morgan fingerprint density at radius 1 is 0.842 bits per heavy atom. The van der Waals surface area contributed by atoms with Gasteiger partial charge in [-0.2, -0.15) is 11.3 Å². The Bertz CT molecular complexity index is 658. The lowest BCUT2D eigenvalue weighted by Crippen LogP contribution is -1.75. The van der Waals surface area contributed by atoms with E-state index in [1.807, 2.05) is 23.6 Å². The van der Waals surface area contributed by atoms with Crippen LogP contribution >= 0.6 is 11.3 Å². The van der Waals surface area contributed by atoms with E-state index in [0.717, 1.165) is 0 Å². The van der Waals surface area contributed by atoms with Crippen molar-refractivity contribution in [2.24, 2.45) is 0 Å². The van der Waals surface area contributed by atoms with Crippen LogP contribution in [0.25, 0.3) is 22.9 Å². The molecule has 2 aromatic carbocycles. The first-order valence-electron chi connectivity index (χ1n) is 6.10. The summed E-state index contributed by atoms with van der Waals surface area (Å²) in [6, 6.07) is 16.6. The molecule has 0 spiro atoms. The van der Waals surface area contributed by atoms with Crippen molar-refractivity contribution in [2.45, 2.75) is 0 Å². The van der Waals surface area contributed by atoms with Crippen molar-refractivity contribution in [3.8, 4) is 0 Å². The van der Waals surface area contributed by atoms with Crippen molar-refractivity contribution < 1.29 is 0 Å². The number of hydrogen-bond donors (Lipinski definition) is 0. The van der Waals surface area contributed by atoms with Crippen LogP contribution < -0.4 is 0 Å². The summed E-state index contributed by atoms with van der Waals surface area (Å²) >= 11 is 1.69. The summed E-state index contributed by atoms with van der Waals surface area (Å²) in [6.07, 6.45) is 3.73. The smallest absolute Gasteiger partial charge is 0.00210 e. The van der Waals surface area contributed by atoms with Crippen LogP contribution in [-0.4, -0.2) is 0 Å². The first kappa shape index (κ1) is 13.3. The zero-order chi connectivity index (χ0) is 13.5. The number of rotatable bonds is 2. The van der Waals surface area contributed by atoms with E-state index in [4.69, 9.17) is 0 Å². The molecule has 0 aliphatic heterocycles. The van der Waals surface area contributed by atoms with Crippen molar-refractivity contribution in [1.82, 2.24) is 0 Å². The first-order valence-corrected chi connectivity index (χ1v) is 7.04. The fourth-order valence-corrected chi connectivity index (χ4v) is 2.47. The van der Waals surface area contributed by atoms with Gasteiger partial charge in [-0.05, 0) is 38.7 Å². The van der Waals surface area contributed by atoms with Crippen LogP contribution in [0.1, 0.15) is 11.1 Å².